The van der Waals surface area contributed by atoms with E-state index in [1.807, 2.05) is 0 Å². The van der Waals surface area contributed by atoms with Crippen LogP contribution in [0.2, 0.25) is 0 Å². The summed E-state index contributed by atoms with van der Waals surface area (Å²) in [5, 5.41) is 9.24. The average Bonchev–Trinajstić information content (AvgIpc) is 2.84. The monoisotopic (exact) mass is 441 g/mol. The molecule has 0 aliphatic carbocycles. The molecule has 1 N–H and O–H groups in total. The highest BCUT2D eigenvalue weighted by Gasteiger charge is 2.48. The Morgan fingerprint density at radius 1 is 1.44 bits per heavy atom. The molecule has 1 saturated heterocycles. The number of hydrogen-bond donors (Lipinski definition) is 1. The van der Waals surface area contributed by atoms with Gasteiger partial charge in [-0.15, -0.1) is 0 Å². The van der Waals surface area contributed by atoms with Crippen LogP contribution in [0.25, 0.3) is 0 Å². The Labute approximate surface area is 150 Å². The van der Waals surface area contributed by atoms with Crippen LogP contribution in [0.5, 0.6) is 0 Å². The first-order valence-corrected chi connectivity index (χ1v) is 9.61. The maximum atomic E-state index is 14.0. The molecule has 138 valence electrons. The molecule has 1 aliphatic rings. The second kappa shape index (κ2) is 6.52. The number of hydrogen-bond acceptors (Lipinski definition) is 5. The van der Waals surface area contributed by atoms with E-state index in [9.17, 15) is 31.9 Å². The molecular formula is C14H14BrF2NO6S. The van der Waals surface area contributed by atoms with Crippen molar-refractivity contribution in [1.29, 1.82) is 0 Å². The van der Waals surface area contributed by atoms with Gasteiger partial charge in [-0.3, -0.25) is 9.69 Å². The number of halogens is 3. The van der Waals surface area contributed by atoms with Gasteiger partial charge in [0.1, 0.15) is 6.10 Å². The summed E-state index contributed by atoms with van der Waals surface area (Å²) in [4.78, 5) is 24.1. The molecule has 1 fully saturated rings. The number of cyclic esters (lactones) is 1. The Balaban J connectivity index is 2.29. The zero-order valence-corrected chi connectivity index (χ0v) is 15.5. The minimum atomic E-state index is -4.02. The van der Waals surface area contributed by atoms with E-state index in [2.05, 4.69) is 15.9 Å². The molecule has 11 heteroatoms. The van der Waals surface area contributed by atoms with Gasteiger partial charge in [0.25, 0.3) is 0 Å². The highest BCUT2D eigenvalue weighted by atomic mass is 79.9. The summed E-state index contributed by atoms with van der Waals surface area (Å²) in [5.41, 5.74) is -0.385. The molecule has 1 amide bonds. The van der Waals surface area contributed by atoms with Gasteiger partial charge in [0.15, 0.2) is 26.2 Å². The summed E-state index contributed by atoms with van der Waals surface area (Å²) >= 11 is 2.81. The zero-order valence-electron chi connectivity index (χ0n) is 13.1. The van der Waals surface area contributed by atoms with Gasteiger partial charge in [-0.1, -0.05) is 0 Å². The van der Waals surface area contributed by atoms with Crippen molar-refractivity contribution in [3.05, 3.63) is 28.2 Å². The smallest absolute Gasteiger partial charge is 0.414 e. The number of nitrogens with zero attached hydrogens (tertiary/aromatic N) is 1. The molecule has 0 bridgehead atoms. The summed E-state index contributed by atoms with van der Waals surface area (Å²) in [6.07, 6.45) is -1.90. The highest BCUT2D eigenvalue weighted by molar-refractivity contribution is 9.10. The normalized spacial score (nSPS) is 20.3. The van der Waals surface area contributed by atoms with Crippen molar-refractivity contribution in [2.75, 3.05) is 17.7 Å². The van der Waals surface area contributed by atoms with Gasteiger partial charge in [0.2, 0.25) is 0 Å². The topological polar surface area (TPSA) is 101 Å². The lowest BCUT2D eigenvalue weighted by Crippen LogP contribution is -2.46. The van der Waals surface area contributed by atoms with E-state index in [1.54, 1.807) is 0 Å². The van der Waals surface area contributed by atoms with Crippen LogP contribution in [-0.4, -0.2) is 49.2 Å². The molecule has 1 aromatic rings. The Morgan fingerprint density at radius 2 is 2.04 bits per heavy atom. The number of carboxylic acid groups (broad SMARTS) is 1. The number of carbonyl (C=O) groups is 2. The lowest BCUT2D eigenvalue weighted by atomic mass is 10.0. The predicted octanol–water partition coefficient (Wildman–Crippen LogP) is 2.33. The average molecular weight is 442 g/mol. The minimum absolute atomic E-state index is 0.131. The number of aliphatic carboxylic acids is 1. The summed E-state index contributed by atoms with van der Waals surface area (Å²) < 4.78 is 53.9. The zero-order chi connectivity index (χ0) is 19.2. The van der Waals surface area contributed by atoms with Crippen molar-refractivity contribution < 1.29 is 36.6 Å². The number of ether oxygens (including phenoxy) is 1. The predicted molar refractivity (Wildman–Crippen MR) is 87.2 cm³/mol. The summed E-state index contributed by atoms with van der Waals surface area (Å²) in [6, 6.07) is 2.35. The van der Waals surface area contributed by atoms with Gasteiger partial charge in [0.05, 0.1) is 16.7 Å². The van der Waals surface area contributed by atoms with E-state index in [0.717, 1.165) is 24.1 Å². The van der Waals surface area contributed by atoms with Gasteiger partial charge in [0, 0.05) is 12.7 Å². The van der Waals surface area contributed by atoms with Crippen molar-refractivity contribution in [3.8, 4) is 0 Å². The van der Waals surface area contributed by atoms with Crippen LogP contribution in [0, 0.1) is 11.6 Å². The molecule has 1 aromatic carbocycles. The standard InChI is InChI=1S/C14H14BrF2NO6S/c1-14(12(19)20,25(2,22)23)5-7-6-18(13(21)24-7)9-4-3-8(15)10(16)11(9)17/h3-4,7H,5-6H2,1-2H3,(H,19,20)/t7-,14+/m0/s1. The molecule has 25 heavy (non-hydrogen) atoms. The van der Waals surface area contributed by atoms with Crippen LogP contribution < -0.4 is 4.90 Å². The third-order valence-electron chi connectivity index (χ3n) is 4.07. The van der Waals surface area contributed by atoms with Gasteiger partial charge in [-0.2, -0.15) is 0 Å². The molecule has 1 aliphatic heterocycles. The lowest BCUT2D eigenvalue weighted by Gasteiger charge is -2.24. The third-order valence-corrected chi connectivity index (χ3v) is 6.66. The van der Waals surface area contributed by atoms with Crippen molar-refractivity contribution in [2.24, 2.45) is 0 Å². The van der Waals surface area contributed by atoms with Gasteiger partial charge in [-0.05, 0) is 35.0 Å². The van der Waals surface area contributed by atoms with E-state index in [4.69, 9.17) is 4.74 Å². The fourth-order valence-corrected chi connectivity index (χ4v) is 3.49. The molecule has 2 rings (SSSR count). The Kier molecular flexibility index (Phi) is 5.11. The number of amides is 1. The van der Waals surface area contributed by atoms with Gasteiger partial charge >= 0.3 is 12.1 Å². The quantitative estimate of drug-likeness (QED) is 0.703. The number of carboxylic acids is 1. The molecule has 0 unspecified atom stereocenters. The van der Waals surface area contributed by atoms with Crippen LogP contribution in [0.1, 0.15) is 13.3 Å². The van der Waals surface area contributed by atoms with Crippen molar-refractivity contribution in [1.82, 2.24) is 0 Å². The van der Waals surface area contributed by atoms with Crippen LogP contribution in [0.15, 0.2) is 16.6 Å². The van der Waals surface area contributed by atoms with Crippen LogP contribution in [0.4, 0.5) is 19.3 Å². The number of rotatable bonds is 5. The van der Waals surface area contributed by atoms with Gasteiger partial charge < -0.3 is 9.84 Å². The van der Waals surface area contributed by atoms with Crippen LogP contribution in [0.3, 0.4) is 0 Å². The van der Waals surface area contributed by atoms with E-state index < -0.39 is 50.8 Å². The van der Waals surface area contributed by atoms with Crippen LogP contribution >= 0.6 is 15.9 Å². The Hall–Kier alpha value is -1.75. The van der Waals surface area contributed by atoms with E-state index in [1.165, 1.54) is 6.07 Å². The molecule has 7 nitrogen and oxygen atoms in total. The van der Waals surface area contributed by atoms with Crippen molar-refractivity contribution in [3.63, 3.8) is 0 Å². The number of carbonyl (C=O) groups excluding carboxylic acids is 1. The maximum Gasteiger partial charge on any atom is 0.414 e. The summed E-state index contributed by atoms with van der Waals surface area (Å²) in [5.74, 6) is -4.07. The summed E-state index contributed by atoms with van der Waals surface area (Å²) in [6.45, 7) is 0.691. The fraction of sp³-hybridized carbons (Fsp3) is 0.429. The summed E-state index contributed by atoms with van der Waals surface area (Å²) in [7, 11) is -4.02. The van der Waals surface area contributed by atoms with Gasteiger partial charge in [-0.25, -0.2) is 22.0 Å². The number of sulfone groups is 1. The Bertz CT molecular complexity index is 846. The number of anilines is 1. The molecule has 0 aromatic heterocycles. The molecule has 0 saturated carbocycles. The van der Waals surface area contributed by atoms with Crippen molar-refractivity contribution in [2.45, 2.75) is 24.2 Å². The highest BCUT2D eigenvalue weighted by Crippen LogP contribution is 2.33. The first-order chi connectivity index (χ1) is 11.4. The van der Waals surface area contributed by atoms with E-state index in [0.29, 0.717) is 0 Å². The second-order valence-electron chi connectivity index (χ2n) is 5.82. The molecular weight excluding hydrogens is 428 g/mol. The third kappa shape index (κ3) is 3.47. The lowest BCUT2D eigenvalue weighted by molar-refractivity contribution is -0.140. The largest absolute Gasteiger partial charge is 0.480 e. The second-order valence-corrected chi connectivity index (χ2v) is 9.12. The SMILES string of the molecule is C[C@@](C[C@H]1CN(c2ccc(Br)c(F)c2F)C(=O)O1)(C(=O)O)S(C)(=O)=O. The Morgan fingerprint density at radius 3 is 2.56 bits per heavy atom. The molecule has 1 heterocycles. The van der Waals surface area contributed by atoms with Crippen LogP contribution in [-0.2, 0) is 19.4 Å². The fourth-order valence-electron chi connectivity index (χ4n) is 2.38. The number of benzene rings is 1. The first-order valence-electron chi connectivity index (χ1n) is 6.93. The van der Waals surface area contributed by atoms with Crippen molar-refractivity contribution >= 4 is 43.5 Å². The van der Waals surface area contributed by atoms with E-state index >= 15 is 0 Å². The molecule has 2 atom stereocenters. The molecule has 0 spiro atoms. The minimum Gasteiger partial charge on any atom is -0.480 e. The molecule has 0 radical (unpaired) electrons. The first kappa shape index (κ1) is 19.6. The maximum absolute atomic E-state index is 14.0. The van der Waals surface area contributed by atoms with E-state index in [-0.39, 0.29) is 16.7 Å².